The van der Waals surface area contributed by atoms with Gasteiger partial charge in [-0.15, -0.1) is 0 Å². The van der Waals surface area contributed by atoms with Gasteiger partial charge in [0.25, 0.3) is 0 Å². The van der Waals surface area contributed by atoms with Crippen molar-refractivity contribution in [1.29, 1.82) is 0 Å². The zero-order valence-electron chi connectivity index (χ0n) is 15.7. The number of aryl methyl sites for hydroxylation is 1. The number of nitrogens with one attached hydrogen (secondary N) is 1. The number of amides is 1. The molecule has 140 valence electrons. The van der Waals surface area contributed by atoms with Gasteiger partial charge < -0.3 is 14.5 Å². The summed E-state index contributed by atoms with van der Waals surface area (Å²) in [6.07, 6.45) is 0.288. The number of oxazole rings is 1. The second kappa shape index (κ2) is 7.56. The molecule has 3 aromatic carbocycles. The average molecular weight is 372 g/mol. The van der Waals surface area contributed by atoms with Gasteiger partial charge in [-0.25, -0.2) is 4.98 Å². The summed E-state index contributed by atoms with van der Waals surface area (Å²) in [5.41, 5.74) is 5.14. The average Bonchev–Trinajstić information content (AvgIpc) is 3.12. The summed E-state index contributed by atoms with van der Waals surface area (Å²) in [6.45, 7) is 2.02. The number of nitrogens with zero attached hydrogens (tertiary/aromatic N) is 1. The second-order valence-electron chi connectivity index (χ2n) is 6.64. The number of fused-ring (bicyclic) bond motifs is 1. The van der Waals surface area contributed by atoms with E-state index in [0.29, 0.717) is 11.6 Å². The van der Waals surface area contributed by atoms with Crippen molar-refractivity contribution in [2.75, 3.05) is 12.4 Å². The molecule has 0 unspecified atom stereocenters. The molecule has 1 aromatic heterocycles. The fourth-order valence-electron chi connectivity index (χ4n) is 3.02. The Bertz CT molecular complexity index is 1130. The third-order valence-corrected chi connectivity index (χ3v) is 4.46. The van der Waals surface area contributed by atoms with Crippen LogP contribution in [0.2, 0.25) is 0 Å². The van der Waals surface area contributed by atoms with Crippen LogP contribution >= 0.6 is 0 Å². The van der Waals surface area contributed by atoms with Crippen LogP contribution < -0.4 is 10.1 Å². The van der Waals surface area contributed by atoms with Crippen molar-refractivity contribution in [3.8, 4) is 17.2 Å². The SMILES string of the molecule is COc1ccc(CC(=O)Nc2cccc(-c3nc4cc(C)ccc4o3)c2)cc1. The fraction of sp³-hybridized carbons (Fsp3) is 0.130. The highest BCUT2D eigenvalue weighted by molar-refractivity contribution is 5.93. The van der Waals surface area contributed by atoms with Crippen molar-refractivity contribution in [2.45, 2.75) is 13.3 Å². The lowest BCUT2D eigenvalue weighted by atomic mass is 10.1. The monoisotopic (exact) mass is 372 g/mol. The number of hydrogen-bond donors (Lipinski definition) is 1. The number of hydrogen-bond acceptors (Lipinski definition) is 4. The molecule has 28 heavy (non-hydrogen) atoms. The smallest absolute Gasteiger partial charge is 0.228 e. The summed E-state index contributed by atoms with van der Waals surface area (Å²) >= 11 is 0. The van der Waals surface area contributed by atoms with Gasteiger partial charge in [-0.05, 0) is 60.5 Å². The van der Waals surface area contributed by atoms with Crippen LogP contribution in [0.15, 0.2) is 71.1 Å². The number of benzene rings is 3. The van der Waals surface area contributed by atoms with Gasteiger partial charge in [-0.3, -0.25) is 4.79 Å². The number of ether oxygens (including phenoxy) is 1. The predicted octanol–water partition coefficient (Wildman–Crippen LogP) is 4.99. The number of rotatable bonds is 5. The van der Waals surface area contributed by atoms with Gasteiger partial charge in [0, 0.05) is 11.3 Å². The topological polar surface area (TPSA) is 64.4 Å². The fourth-order valence-corrected chi connectivity index (χ4v) is 3.02. The van der Waals surface area contributed by atoms with Gasteiger partial charge in [-0.2, -0.15) is 0 Å². The van der Waals surface area contributed by atoms with E-state index in [1.165, 1.54) is 0 Å². The van der Waals surface area contributed by atoms with Crippen LogP contribution in [0.25, 0.3) is 22.6 Å². The number of anilines is 1. The van der Waals surface area contributed by atoms with Gasteiger partial charge in [0.2, 0.25) is 11.8 Å². The number of aromatic nitrogens is 1. The van der Waals surface area contributed by atoms with E-state index in [1.807, 2.05) is 73.7 Å². The molecule has 0 aliphatic carbocycles. The van der Waals surface area contributed by atoms with Crippen LogP contribution in [0.4, 0.5) is 5.69 Å². The summed E-state index contributed by atoms with van der Waals surface area (Å²) in [6, 6.07) is 20.9. The van der Waals surface area contributed by atoms with Crippen LogP contribution in [0, 0.1) is 6.92 Å². The van der Waals surface area contributed by atoms with E-state index in [4.69, 9.17) is 9.15 Å². The molecule has 5 nitrogen and oxygen atoms in total. The number of methoxy groups -OCH3 is 1. The summed E-state index contributed by atoms with van der Waals surface area (Å²) < 4.78 is 11.0. The lowest BCUT2D eigenvalue weighted by Gasteiger charge is -2.07. The predicted molar refractivity (Wildman–Crippen MR) is 110 cm³/mol. The van der Waals surface area contributed by atoms with Crippen molar-refractivity contribution in [2.24, 2.45) is 0 Å². The van der Waals surface area contributed by atoms with Gasteiger partial charge in [0.1, 0.15) is 11.3 Å². The molecule has 1 N–H and O–H groups in total. The van der Waals surface area contributed by atoms with Crippen LogP contribution in [0.1, 0.15) is 11.1 Å². The van der Waals surface area contributed by atoms with Gasteiger partial charge >= 0.3 is 0 Å². The van der Waals surface area contributed by atoms with E-state index in [9.17, 15) is 4.79 Å². The van der Waals surface area contributed by atoms with Crippen molar-refractivity contribution < 1.29 is 13.9 Å². The maximum absolute atomic E-state index is 12.4. The third-order valence-electron chi connectivity index (χ3n) is 4.46. The lowest BCUT2D eigenvalue weighted by Crippen LogP contribution is -2.14. The number of carbonyl (C=O) groups is 1. The molecule has 0 aliphatic rings. The molecular weight excluding hydrogens is 352 g/mol. The Balaban J connectivity index is 1.50. The maximum Gasteiger partial charge on any atom is 0.228 e. The summed E-state index contributed by atoms with van der Waals surface area (Å²) in [7, 11) is 1.62. The zero-order valence-corrected chi connectivity index (χ0v) is 15.7. The van der Waals surface area contributed by atoms with Gasteiger partial charge in [-0.1, -0.05) is 24.3 Å². The standard InChI is InChI=1S/C23H20N2O3/c1-15-6-11-21-20(12-15)25-23(28-21)17-4-3-5-18(14-17)24-22(26)13-16-7-9-19(27-2)10-8-16/h3-12,14H,13H2,1-2H3,(H,24,26). The highest BCUT2D eigenvalue weighted by Gasteiger charge is 2.10. The Labute approximate surface area is 163 Å². The molecule has 5 heteroatoms. The van der Waals surface area contributed by atoms with Crippen LogP contribution in [-0.4, -0.2) is 18.0 Å². The Morgan fingerprint density at radius 1 is 1.07 bits per heavy atom. The van der Waals surface area contributed by atoms with Crippen LogP contribution in [0.5, 0.6) is 5.75 Å². The van der Waals surface area contributed by atoms with E-state index in [2.05, 4.69) is 10.3 Å². The summed E-state index contributed by atoms with van der Waals surface area (Å²) in [5, 5.41) is 2.93. The molecule has 0 aliphatic heterocycles. The minimum atomic E-state index is -0.0875. The molecule has 0 atom stereocenters. The first-order chi connectivity index (χ1) is 13.6. The molecule has 4 aromatic rings. The van der Waals surface area contributed by atoms with E-state index in [0.717, 1.165) is 33.5 Å². The molecule has 1 amide bonds. The highest BCUT2D eigenvalue weighted by Crippen LogP contribution is 2.26. The molecule has 0 saturated heterocycles. The first-order valence-electron chi connectivity index (χ1n) is 9.01. The van der Waals surface area contributed by atoms with Crippen LogP contribution in [-0.2, 0) is 11.2 Å². The minimum absolute atomic E-state index is 0.0875. The van der Waals surface area contributed by atoms with E-state index < -0.39 is 0 Å². The minimum Gasteiger partial charge on any atom is -0.497 e. The van der Waals surface area contributed by atoms with Crippen molar-refractivity contribution in [1.82, 2.24) is 4.98 Å². The number of carbonyl (C=O) groups excluding carboxylic acids is 1. The van der Waals surface area contributed by atoms with E-state index in [1.54, 1.807) is 7.11 Å². The Hall–Kier alpha value is -3.60. The first-order valence-corrected chi connectivity index (χ1v) is 9.01. The van der Waals surface area contributed by atoms with Gasteiger partial charge in [0.15, 0.2) is 5.58 Å². The van der Waals surface area contributed by atoms with Crippen molar-refractivity contribution in [3.05, 3.63) is 77.9 Å². The summed E-state index contributed by atoms with van der Waals surface area (Å²) in [4.78, 5) is 16.9. The Kier molecular flexibility index (Phi) is 4.81. The zero-order chi connectivity index (χ0) is 19.5. The molecule has 0 bridgehead atoms. The Morgan fingerprint density at radius 2 is 1.89 bits per heavy atom. The molecule has 0 fully saturated rings. The quantitative estimate of drug-likeness (QED) is 0.536. The van der Waals surface area contributed by atoms with E-state index in [-0.39, 0.29) is 12.3 Å². The first kappa shape index (κ1) is 17.8. The van der Waals surface area contributed by atoms with Crippen molar-refractivity contribution >= 4 is 22.7 Å². The normalized spacial score (nSPS) is 10.8. The van der Waals surface area contributed by atoms with Crippen LogP contribution in [0.3, 0.4) is 0 Å². The second-order valence-corrected chi connectivity index (χ2v) is 6.64. The highest BCUT2D eigenvalue weighted by atomic mass is 16.5. The van der Waals surface area contributed by atoms with Gasteiger partial charge in [0.05, 0.1) is 13.5 Å². The third kappa shape index (κ3) is 3.88. The Morgan fingerprint density at radius 3 is 2.68 bits per heavy atom. The molecule has 0 radical (unpaired) electrons. The molecule has 4 rings (SSSR count). The maximum atomic E-state index is 12.4. The molecule has 1 heterocycles. The van der Waals surface area contributed by atoms with Crippen molar-refractivity contribution in [3.63, 3.8) is 0 Å². The summed E-state index contributed by atoms with van der Waals surface area (Å²) in [5.74, 6) is 1.22. The molecular formula is C23H20N2O3. The van der Waals surface area contributed by atoms with E-state index >= 15 is 0 Å². The molecule has 0 saturated carbocycles. The lowest BCUT2D eigenvalue weighted by molar-refractivity contribution is -0.115. The largest absolute Gasteiger partial charge is 0.497 e. The molecule has 0 spiro atoms.